The number of thiocarbonyl (C=S) groups is 1. The highest BCUT2D eigenvalue weighted by Crippen LogP contribution is 2.37. The van der Waals surface area contributed by atoms with Gasteiger partial charge in [0.1, 0.15) is 11.5 Å². The summed E-state index contributed by atoms with van der Waals surface area (Å²) in [6.45, 7) is 3.54. The van der Waals surface area contributed by atoms with Crippen molar-refractivity contribution < 1.29 is 14.3 Å². The van der Waals surface area contributed by atoms with E-state index in [4.69, 9.17) is 39.0 Å². The summed E-state index contributed by atoms with van der Waals surface area (Å²) in [4.78, 5) is 12.6. The summed E-state index contributed by atoms with van der Waals surface area (Å²) in [6, 6.07) is 3.16. The first kappa shape index (κ1) is 17.5. The largest absolute Gasteiger partial charge is 0.495 e. The maximum atomic E-state index is 12.5. The minimum absolute atomic E-state index is 0.141. The molecule has 0 aliphatic carbocycles. The number of hydrogen-bond acceptors (Lipinski definition) is 4. The van der Waals surface area contributed by atoms with Crippen molar-refractivity contribution in [1.29, 1.82) is 0 Å². The Balaban J connectivity index is 3.18. The van der Waals surface area contributed by atoms with Gasteiger partial charge in [0.05, 0.1) is 35.3 Å². The van der Waals surface area contributed by atoms with E-state index in [1.54, 1.807) is 19.1 Å². The zero-order valence-corrected chi connectivity index (χ0v) is 14.0. The molecule has 0 saturated heterocycles. The smallest absolute Gasteiger partial charge is 0.237 e. The van der Waals surface area contributed by atoms with E-state index in [0.717, 1.165) is 0 Å². The zero-order chi connectivity index (χ0) is 16.2. The zero-order valence-electron chi connectivity index (χ0n) is 12.5. The SMILES string of the molecule is CCC(C)(C(=O)Nc1cc(OC)c(Cl)cc1OC)C(N)=S. The van der Waals surface area contributed by atoms with E-state index in [2.05, 4.69) is 5.32 Å². The molecule has 1 rings (SSSR count). The summed E-state index contributed by atoms with van der Waals surface area (Å²) >= 11 is 11.0. The normalized spacial score (nSPS) is 13.2. The number of nitrogens with one attached hydrogen (secondary N) is 1. The molecule has 0 fully saturated rings. The Morgan fingerprint density at radius 2 is 1.95 bits per heavy atom. The standard InChI is InChI=1S/C14H19ClN2O3S/c1-5-14(2,12(16)21)13(18)17-9-7-10(19-3)8(15)6-11(9)20-4/h6-7H,5H2,1-4H3,(H2,16,21)(H,17,18). The number of anilines is 1. The van der Waals surface area contributed by atoms with Gasteiger partial charge in [0.15, 0.2) is 0 Å². The Morgan fingerprint density at radius 3 is 2.38 bits per heavy atom. The van der Waals surface area contributed by atoms with Crippen molar-refractivity contribution in [1.82, 2.24) is 0 Å². The van der Waals surface area contributed by atoms with Crippen molar-refractivity contribution in [2.45, 2.75) is 20.3 Å². The quantitative estimate of drug-likeness (QED) is 0.784. The third-order valence-electron chi connectivity index (χ3n) is 3.47. The molecule has 1 aromatic rings. The Kier molecular flexibility index (Phi) is 5.80. The molecular weight excluding hydrogens is 312 g/mol. The van der Waals surface area contributed by atoms with Crippen LogP contribution in [-0.2, 0) is 4.79 Å². The molecular formula is C14H19ClN2O3S. The Hall–Kier alpha value is -1.53. The lowest BCUT2D eigenvalue weighted by molar-refractivity contribution is -0.121. The van der Waals surface area contributed by atoms with Gasteiger partial charge in [-0.25, -0.2) is 0 Å². The Labute approximate surface area is 134 Å². The van der Waals surface area contributed by atoms with E-state index in [0.29, 0.717) is 28.6 Å². The average Bonchev–Trinajstić information content (AvgIpc) is 2.47. The topological polar surface area (TPSA) is 73.6 Å². The number of amides is 1. The minimum atomic E-state index is -0.937. The van der Waals surface area contributed by atoms with Crippen LogP contribution in [0.4, 0.5) is 5.69 Å². The third-order valence-corrected chi connectivity index (χ3v) is 4.22. The van der Waals surface area contributed by atoms with Crippen LogP contribution in [0.1, 0.15) is 20.3 Å². The van der Waals surface area contributed by atoms with Gasteiger partial charge in [-0.1, -0.05) is 30.7 Å². The number of halogens is 1. The summed E-state index contributed by atoms with van der Waals surface area (Å²) in [7, 11) is 2.98. The Morgan fingerprint density at radius 1 is 1.38 bits per heavy atom. The summed E-state index contributed by atoms with van der Waals surface area (Å²) in [5.41, 5.74) is 5.19. The average molecular weight is 331 g/mol. The molecule has 1 amide bonds. The van der Waals surface area contributed by atoms with Gasteiger partial charge in [-0.2, -0.15) is 0 Å². The van der Waals surface area contributed by atoms with E-state index in [1.807, 2.05) is 6.92 Å². The maximum Gasteiger partial charge on any atom is 0.237 e. The highest BCUT2D eigenvalue weighted by atomic mass is 35.5. The number of nitrogens with two attached hydrogens (primary N) is 1. The van der Waals surface area contributed by atoms with Crippen LogP contribution in [0, 0.1) is 5.41 Å². The first-order valence-corrected chi connectivity index (χ1v) is 7.11. The number of hydrogen-bond donors (Lipinski definition) is 2. The molecule has 1 unspecified atom stereocenters. The van der Waals surface area contributed by atoms with Gasteiger partial charge in [-0.15, -0.1) is 0 Å². The monoisotopic (exact) mass is 330 g/mol. The van der Waals surface area contributed by atoms with E-state index in [9.17, 15) is 4.79 Å². The predicted molar refractivity (Wildman–Crippen MR) is 88.4 cm³/mol. The fourth-order valence-electron chi connectivity index (χ4n) is 1.67. The van der Waals surface area contributed by atoms with Crippen LogP contribution >= 0.6 is 23.8 Å². The first-order valence-electron chi connectivity index (χ1n) is 6.33. The molecule has 0 aliphatic rings. The van der Waals surface area contributed by atoms with Gasteiger partial charge in [0.25, 0.3) is 0 Å². The molecule has 1 aromatic carbocycles. The lowest BCUT2D eigenvalue weighted by Gasteiger charge is -2.26. The van der Waals surface area contributed by atoms with Gasteiger partial charge in [0.2, 0.25) is 5.91 Å². The maximum absolute atomic E-state index is 12.5. The van der Waals surface area contributed by atoms with Gasteiger partial charge < -0.3 is 20.5 Å². The van der Waals surface area contributed by atoms with Crippen LogP contribution < -0.4 is 20.5 Å². The van der Waals surface area contributed by atoms with Crippen molar-refractivity contribution in [3.8, 4) is 11.5 Å². The number of benzene rings is 1. The molecule has 116 valence electrons. The molecule has 0 radical (unpaired) electrons. The molecule has 5 nitrogen and oxygen atoms in total. The number of carbonyl (C=O) groups is 1. The number of rotatable bonds is 6. The third kappa shape index (κ3) is 3.57. The van der Waals surface area contributed by atoms with Crippen LogP contribution in [0.15, 0.2) is 12.1 Å². The molecule has 0 spiro atoms. The van der Waals surface area contributed by atoms with E-state index < -0.39 is 5.41 Å². The second-order valence-corrected chi connectivity index (χ2v) is 5.54. The highest BCUT2D eigenvalue weighted by molar-refractivity contribution is 7.80. The lowest BCUT2D eigenvalue weighted by Crippen LogP contribution is -2.43. The summed E-state index contributed by atoms with van der Waals surface area (Å²) in [6.07, 6.45) is 0.487. The van der Waals surface area contributed by atoms with Crippen LogP contribution in [-0.4, -0.2) is 25.1 Å². The first-order chi connectivity index (χ1) is 9.79. The summed E-state index contributed by atoms with van der Waals surface area (Å²) in [5.74, 6) is 0.553. The van der Waals surface area contributed by atoms with Gasteiger partial charge in [0, 0.05) is 12.1 Å². The predicted octanol–water partition coefficient (Wildman–Crippen LogP) is 3.00. The highest BCUT2D eigenvalue weighted by Gasteiger charge is 2.35. The Bertz CT molecular complexity index is 565. The van der Waals surface area contributed by atoms with E-state index in [-0.39, 0.29) is 10.9 Å². The molecule has 0 aromatic heterocycles. The molecule has 3 N–H and O–H groups in total. The van der Waals surface area contributed by atoms with Crippen LogP contribution in [0.3, 0.4) is 0 Å². The van der Waals surface area contributed by atoms with Crippen molar-refractivity contribution >= 4 is 40.4 Å². The minimum Gasteiger partial charge on any atom is -0.495 e. The van der Waals surface area contributed by atoms with Gasteiger partial charge in [-0.05, 0) is 13.3 Å². The summed E-state index contributed by atoms with van der Waals surface area (Å²) in [5, 5.41) is 3.16. The van der Waals surface area contributed by atoms with Gasteiger partial charge >= 0.3 is 0 Å². The lowest BCUT2D eigenvalue weighted by atomic mass is 9.86. The van der Waals surface area contributed by atoms with Crippen LogP contribution in [0.25, 0.3) is 0 Å². The van der Waals surface area contributed by atoms with E-state index >= 15 is 0 Å². The number of carbonyl (C=O) groups excluding carboxylic acids is 1. The van der Waals surface area contributed by atoms with Crippen LogP contribution in [0.5, 0.6) is 11.5 Å². The van der Waals surface area contributed by atoms with Gasteiger partial charge in [-0.3, -0.25) is 4.79 Å². The van der Waals surface area contributed by atoms with Crippen LogP contribution in [0.2, 0.25) is 5.02 Å². The second kappa shape index (κ2) is 6.95. The molecule has 21 heavy (non-hydrogen) atoms. The second-order valence-electron chi connectivity index (χ2n) is 4.69. The molecule has 0 heterocycles. The fourth-order valence-corrected chi connectivity index (χ4v) is 2.13. The molecule has 1 atom stereocenters. The van der Waals surface area contributed by atoms with Crippen molar-refractivity contribution in [3.63, 3.8) is 0 Å². The van der Waals surface area contributed by atoms with Crippen molar-refractivity contribution in [3.05, 3.63) is 17.2 Å². The molecule has 0 saturated carbocycles. The fraction of sp³-hybridized carbons (Fsp3) is 0.429. The summed E-state index contributed by atoms with van der Waals surface area (Å²) < 4.78 is 10.4. The number of methoxy groups -OCH3 is 2. The molecule has 0 aliphatic heterocycles. The van der Waals surface area contributed by atoms with E-state index in [1.165, 1.54) is 14.2 Å². The number of ether oxygens (including phenoxy) is 2. The molecule has 7 heteroatoms. The molecule has 0 bridgehead atoms. The van der Waals surface area contributed by atoms with Crippen molar-refractivity contribution in [2.24, 2.45) is 11.1 Å². The van der Waals surface area contributed by atoms with Crippen molar-refractivity contribution in [2.75, 3.05) is 19.5 Å².